The minimum absolute atomic E-state index is 0.902. The van der Waals surface area contributed by atoms with Crippen LogP contribution >= 0.6 is 15.9 Å². The van der Waals surface area contributed by atoms with E-state index in [2.05, 4.69) is 44.8 Å². The molecule has 0 aliphatic carbocycles. The molecule has 16 heavy (non-hydrogen) atoms. The van der Waals surface area contributed by atoms with Gasteiger partial charge in [-0.1, -0.05) is 29.8 Å². The highest BCUT2D eigenvalue weighted by Gasteiger charge is 2.09. The maximum Gasteiger partial charge on any atom is 0.141 e. The summed E-state index contributed by atoms with van der Waals surface area (Å²) < 4.78 is 2.01. The molecule has 0 bridgehead atoms. The lowest BCUT2D eigenvalue weighted by atomic mass is 10.4. The molecule has 5 heteroatoms. The number of alkyl halides is 1. The second kappa shape index (κ2) is 7.79. The normalized spacial score (nSPS) is 11.2. The lowest BCUT2D eigenvalue weighted by molar-refractivity contribution is 0.270. The van der Waals surface area contributed by atoms with E-state index in [1.807, 2.05) is 4.68 Å². The summed E-state index contributed by atoms with van der Waals surface area (Å²) in [6.07, 6.45) is 3.93. The summed E-state index contributed by atoms with van der Waals surface area (Å²) >= 11 is 3.49. The van der Waals surface area contributed by atoms with E-state index in [-0.39, 0.29) is 0 Å². The minimum Gasteiger partial charge on any atom is -0.295 e. The van der Waals surface area contributed by atoms with Crippen molar-refractivity contribution in [3.8, 4) is 0 Å². The van der Waals surface area contributed by atoms with Crippen LogP contribution in [0.1, 0.15) is 32.5 Å². The molecule has 0 spiro atoms. The largest absolute Gasteiger partial charge is 0.295 e. The smallest absolute Gasteiger partial charge is 0.141 e. The minimum atomic E-state index is 0.902. The molecule has 0 atom stereocenters. The van der Waals surface area contributed by atoms with Crippen molar-refractivity contribution in [3.05, 3.63) is 12.2 Å². The summed E-state index contributed by atoms with van der Waals surface area (Å²) in [6, 6.07) is 0. The zero-order chi connectivity index (χ0) is 11.8. The first-order valence-corrected chi connectivity index (χ1v) is 7.09. The van der Waals surface area contributed by atoms with Crippen LogP contribution in [0.3, 0.4) is 0 Å². The van der Waals surface area contributed by atoms with E-state index in [0.29, 0.717) is 0 Å². The molecule has 92 valence electrons. The first kappa shape index (κ1) is 13.6. The molecule has 0 radical (unpaired) electrons. The second-order valence-electron chi connectivity index (χ2n) is 3.86. The Morgan fingerprint density at radius 1 is 1.31 bits per heavy atom. The summed E-state index contributed by atoms with van der Waals surface area (Å²) in [5.41, 5.74) is 0. The van der Waals surface area contributed by atoms with E-state index in [1.165, 1.54) is 6.42 Å². The Hall–Kier alpha value is -0.420. The fraction of sp³-hybridized carbons (Fsp3) is 0.818. The molecule has 0 saturated carbocycles. The van der Waals surface area contributed by atoms with Gasteiger partial charge in [-0.05, 0) is 19.4 Å². The van der Waals surface area contributed by atoms with Gasteiger partial charge in [0.2, 0.25) is 0 Å². The number of hydrogen-bond acceptors (Lipinski definition) is 3. The van der Waals surface area contributed by atoms with Gasteiger partial charge < -0.3 is 0 Å². The van der Waals surface area contributed by atoms with Crippen molar-refractivity contribution in [2.45, 2.75) is 39.8 Å². The molecule has 0 amide bonds. The Morgan fingerprint density at radius 3 is 2.75 bits per heavy atom. The van der Waals surface area contributed by atoms with Gasteiger partial charge in [-0.3, -0.25) is 4.90 Å². The summed E-state index contributed by atoms with van der Waals surface area (Å²) in [4.78, 5) is 6.74. The summed E-state index contributed by atoms with van der Waals surface area (Å²) in [5.74, 6) is 1.08. The van der Waals surface area contributed by atoms with Crippen molar-refractivity contribution in [3.63, 3.8) is 0 Å². The Labute approximate surface area is 106 Å². The predicted molar refractivity (Wildman–Crippen MR) is 69.7 cm³/mol. The SMILES string of the molecule is CCCN(CCBr)Cc1ncnn1CCC. The van der Waals surface area contributed by atoms with Gasteiger partial charge in [0.05, 0.1) is 6.54 Å². The number of aromatic nitrogens is 3. The van der Waals surface area contributed by atoms with E-state index in [1.54, 1.807) is 6.33 Å². The molecular weight excluding hydrogens is 268 g/mol. The fourth-order valence-electron chi connectivity index (χ4n) is 1.71. The third-order valence-electron chi connectivity index (χ3n) is 2.44. The van der Waals surface area contributed by atoms with Crippen molar-refractivity contribution in [2.24, 2.45) is 0 Å². The van der Waals surface area contributed by atoms with E-state index in [4.69, 9.17) is 0 Å². The van der Waals surface area contributed by atoms with Crippen LogP contribution < -0.4 is 0 Å². The monoisotopic (exact) mass is 288 g/mol. The molecule has 1 heterocycles. The van der Waals surface area contributed by atoms with E-state index >= 15 is 0 Å². The molecule has 1 aromatic heterocycles. The quantitative estimate of drug-likeness (QED) is 0.689. The number of halogens is 1. The van der Waals surface area contributed by atoms with Crippen molar-refractivity contribution in [1.82, 2.24) is 19.7 Å². The molecule has 0 unspecified atom stereocenters. The Kier molecular flexibility index (Phi) is 6.64. The predicted octanol–water partition coefficient (Wildman–Crippen LogP) is 2.29. The topological polar surface area (TPSA) is 34.0 Å². The maximum absolute atomic E-state index is 4.33. The van der Waals surface area contributed by atoms with Gasteiger partial charge in [-0.25, -0.2) is 9.67 Å². The van der Waals surface area contributed by atoms with Gasteiger partial charge in [0.25, 0.3) is 0 Å². The zero-order valence-electron chi connectivity index (χ0n) is 10.2. The summed E-state index contributed by atoms with van der Waals surface area (Å²) in [6.45, 7) is 8.41. The molecular formula is C11H21BrN4. The van der Waals surface area contributed by atoms with Gasteiger partial charge in [-0.15, -0.1) is 0 Å². The maximum atomic E-state index is 4.33. The fourth-order valence-corrected chi connectivity index (χ4v) is 2.22. The van der Waals surface area contributed by atoms with Crippen LogP contribution in [-0.4, -0.2) is 38.1 Å². The van der Waals surface area contributed by atoms with Crippen molar-refractivity contribution >= 4 is 15.9 Å². The molecule has 1 aromatic rings. The lowest BCUT2D eigenvalue weighted by Crippen LogP contribution is -2.28. The summed E-state index contributed by atoms with van der Waals surface area (Å²) in [7, 11) is 0. The molecule has 0 saturated heterocycles. The summed E-state index contributed by atoms with van der Waals surface area (Å²) in [5, 5.41) is 5.26. The van der Waals surface area contributed by atoms with Crippen LogP contribution in [0.25, 0.3) is 0 Å². The van der Waals surface area contributed by atoms with Gasteiger partial charge in [0.1, 0.15) is 12.2 Å². The molecule has 0 aliphatic heterocycles. The van der Waals surface area contributed by atoms with Crippen LogP contribution in [-0.2, 0) is 13.1 Å². The molecule has 0 fully saturated rings. The molecule has 0 aliphatic rings. The third kappa shape index (κ3) is 4.22. The Morgan fingerprint density at radius 2 is 2.12 bits per heavy atom. The van der Waals surface area contributed by atoms with Crippen LogP contribution in [0.2, 0.25) is 0 Å². The first-order chi connectivity index (χ1) is 7.81. The molecule has 1 rings (SSSR count). The average molecular weight is 289 g/mol. The van der Waals surface area contributed by atoms with E-state index in [0.717, 1.165) is 43.8 Å². The van der Waals surface area contributed by atoms with Gasteiger partial charge in [0.15, 0.2) is 0 Å². The number of aryl methyl sites for hydroxylation is 1. The average Bonchev–Trinajstić information content (AvgIpc) is 2.67. The molecule has 0 aromatic carbocycles. The first-order valence-electron chi connectivity index (χ1n) is 5.96. The molecule has 0 N–H and O–H groups in total. The highest BCUT2D eigenvalue weighted by atomic mass is 79.9. The highest BCUT2D eigenvalue weighted by Crippen LogP contribution is 2.03. The third-order valence-corrected chi connectivity index (χ3v) is 2.79. The number of rotatable bonds is 8. The second-order valence-corrected chi connectivity index (χ2v) is 4.66. The van der Waals surface area contributed by atoms with Gasteiger partial charge >= 0.3 is 0 Å². The number of hydrogen-bond donors (Lipinski definition) is 0. The van der Waals surface area contributed by atoms with Crippen LogP contribution in [0.15, 0.2) is 6.33 Å². The van der Waals surface area contributed by atoms with E-state index < -0.39 is 0 Å². The highest BCUT2D eigenvalue weighted by molar-refractivity contribution is 9.09. The Bertz CT molecular complexity index is 281. The van der Waals surface area contributed by atoms with E-state index in [9.17, 15) is 0 Å². The number of nitrogens with zero attached hydrogens (tertiary/aromatic N) is 4. The zero-order valence-corrected chi connectivity index (χ0v) is 11.8. The van der Waals surface area contributed by atoms with Crippen molar-refractivity contribution in [2.75, 3.05) is 18.4 Å². The van der Waals surface area contributed by atoms with Crippen LogP contribution in [0, 0.1) is 0 Å². The van der Waals surface area contributed by atoms with Gasteiger partial charge in [-0.2, -0.15) is 5.10 Å². The molecule has 4 nitrogen and oxygen atoms in total. The standard InChI is InChI=1S/C11H21BrN4/c1-3-6-15(8-5-12)9-11-13-10-14-16(11)7-4-2/h10H,3-9H2,1-2H3. The van der Waals surface area contributed by atoms with Crippen LogP contribution in [0.4, 0.5) is 0 Å². The lowest BCUT2D eigenvalue weighted by Gasteiger charge is -2.20. The Balaban J connectivity index is 2.57. The van der Waals surface area contributed by atoms with Gasteiger partial charge in [0, 0.05) is 18.4 Å². The van der Waals surface area contributed by atoms with Crippen molar-refractivity contribution in [1.29, 1.82) is 0 Å². The van der Waals surface area contributed by atoms with Crippen molar-refractivity contribution < 1.29 is 0 Å². The van der Waals surface area contributed by atoms with Crippen LogP contribution in [0.5, 0.6) is 0 Å².